The Morgan fingerprint density at radius 2 is 1.91 bits per heavy atom. The molecular weight excluding hydrogens is 310 g/mol. The summed E-state index contributed by atoms with van der Waals surface area (Å²) in [6.45, 7) is 0.815. The first kappa shape index (κ1) is 16.5. The summed E-state index contributed by atoms with van der Waals surface area (Å²) in [5, 5.41) is 0. The van der Waals surface area contributed by atoms with Crippen molar-refractivity contribution < 1.29 is 13.2 Å². The summed E-state index contributed by atoms with van der Waals surface area (Å²) in [7, 11) is -2.90. The van der Waals surface area contributed by atoms with Gasteiger partial charge in [-0.3, -0.25) is 4.79 Å². The molecule has 5 heteroatoms. The van der Waals surface area contributed by atoms with Gasteiger partial charge in [0.2, 0.25) is 5.91 Å². The number of carbonyl (C=O) groups excluding carboxylic acids is 1. The maximum atomic E-state index is 12.7. The Hall–Kier alpha value is -1.36. The van der Waals surface area contributed by atoms with Crippen molar-refractivity contribution in [2.45, 2.75) is 44.6 Å². The first-order chi connectivity index (χ1) is 11.0. The molecule has 2 aliphatic rings. The van der Waals surface area contributed by atoms with E-state index in [9.17, 15) is 13.2 Å². The van der Waals surface area contributed by atoms with Crippen molar-refractivity contribution in [1.29, 1.82) is 0 Å². The van der Waals surface area contributed by atoms with Crippen LogP contribution in [0.15, 0.2) is 30.3 Å². The maximum absolute atomic E-state index is 12.7. The quantitative estimate of drug-likeness (QED) is 0.849. The summed E-state index contributed by atoms with van der Waals surface area (Å²) in [5.74, 6) is 0.605. The Labute approximate surface area is 138 Å². The van der Waals surface area contributed by atoms with Crippen LogP contribution in [0.1, 0.15) is 37.7 Å². The molecule has 0 saturated carbocycles. The number of nitrogens with zero attached hydrogens (tertiary/aromatic N) is 1. The average Bonchev–Trinajstić information content (AvgIpc) is 2.87. The Bertz CT molecular complexity index is 641. The molecule has 0 spiro atoms. The SMILES string of the molecule is O=C(C[C@@H]1CCS(=O)(=O)C1)N1CCCC[C@H]1Cc1ccccc1. The second kappa shape index (κ2) is 7.04. The van der Waals surface area contributed by atoms with E-state index in [0.29, 0.717) is 12.8 Å². The van der Waals surface area contributed by atoms with Crippen molar-refractivity contribution in [3.8, 4) is 0 Å². The minimum atomic E-state index is -2.90. The third-order valence-corrected chi connectivity index (χ3v) is 6.89. The van der Waals surface area contributed by atoms with Gasteiger partial charge in [0.15, 0.2) is 9.84 Å². The number of carbonyl (C=O) groups is 1. The molecule has 1 amide bonds. The van der Waals surface area contributed by atoms with E-state index in [0.717, 1.165) is 25.8 Å². The van der Waals surface area contributed by atoms with Gasteiger partial charge in [-0.2, -0.15) is 0 Å². The molecule has 2 aliphatic heterocycles. The van der Waals surface area contributed by atoms with Gasteiger partial charge in [-0.25, -0.2) is 8.42 Å². The van der Waals surface area contributed by atoms with E-state index >= 15 is 0 Å². The van der Waals surface area contributed by atoms with Gasteiger partial charge in [0.25, 0.3) is 0 Å². The van der Waals surface area contributed by atoms with Crippen molar-refractivity contribution in [2.75, 3.05) is 18.1 Å². The van der Waals surface area contributed by atoms with Gasteiger partial charge in [-0.15, -0.1) is 0 Å². The predicted octanol–water partition coefficient (Wildman–Crippen LogP) is 2.43. The molecule has 23 heavy (non-hydrogen) atoms. The van der Waals surface area contributed by atoms with Crippen LogP contribution in [0.25, 0.3) is 0 Å². The zero-order valence-electron chi connectivity index (χ0n) is 13.5. The smallest absolute Gasteiger partial charge is 0.223 e. The van der Waals surface area contributed by atoms with Gasteiger partial charge < -0.3 is 4.90 Å². The summed E-state index contributed by atoms with van der Waals surface area (Å²) < 4.78 is 23.2. The van der Waals surface area contributed by atoms with E-state index in [2.05, 4.69) is 12.1 Å². The number of hydrogen-bond donors (Lipinski definition) is 0. The van der Waals surface area contributed by atoms with Gasteiger partial charge in [0.1, 0.15) is 0 Å². The van der Waals surface area contributed by atoms with Gasteiger partial charge in [0, 0.05) is 19.0 Å². The molecule has 126 valence electrons. The highest BCUT2D eigenvalue weighted by Crippen LogP contribution is 2.26. The van der Waals surface area contributed by atoms with Crippen molar-refractivity contribution >= 4 is 15.7 Å². The molecule has 0 unspecified atom stereocenters. The number of hydrogen-bond acceptors (Lipinski definition) is 3. The van der Waals surface area contributed by atoms with Gasteiger partial charge in [-0.05, 0) is 43.6 Å². The molecule has 2 atom stereocenters. The summed E-state index contributed by atoms with van der Waals surface area (Å²) in [6.07, 6.45) is 5.20. The standard InChI is InChI=1S/C18H25NO3S/c20-18(13-16-9-11-23(21,22)14-16)19-10-5-4-8-17(19)12-15-6-2-1-3-7-15/h1-3,6-7,16-17H,4-5,8-14H2/t16-,17-/m0/s1. The van der Waals surface area contributed by atoms with Crippen LogP contribution in [0, 0.1) is 5.92 Å². The molecule has 3 rings (SSSR count). The van der Waals surface area contributed by atoms with Crippen molar-refractivity contribution in [3.05, 3.63) is 35.9 Å². The lowest BCUT2D eigenvalue weighted by Gasteiger charge is -2.36. The highest BCUT2D eigenvalue weighted by Gasteiger charge is 2.33. The number of benzene rings is 1. The Kier molecular flexibility index (Phi) is 5.05. The van der Waals surface area contributed by atoms with E-state index in [1.165, 1.54) is 12.0 Å². The Balaban J connectivity index is 1.62. The first-order valence-corrected chi connectivity index (χ1v) is 10.4. The topological polar surface area (TPSA) is 54.5 Å². The van der Waals surface area contributed by atoms with Crippen LogP contribution in [0.3, 0.4) is 0 Å². The van der Waals surface area contributed by atoms with Gasteiger partial charge in [0.05, 0.1) is 11.5 Å². The fourth-order valence-corrected chi connectivity index (χ4v) is 5.69. The van der Waals surface area contributed by atoms with Gasteiger partial charge in [-0.1, -0.05) is 30.3 Å². The number of likely N-dealkylation sites (tertiary alicyclic amines) is 1. The monoisotopic (exact) mass is 335 g/mol. The number of rotatable bonds is 4. The number of piperidine rings is 1. The minimum absolute atomic E-state index is 0.0202. The highest BCUT2D eigenvalue weighted by atomic mass is 32.2. The summed E-state index contributed by atoms with van der Waals surface area (Å²) >= 11 is 0. The largest absolute Gasteiger partial charge is 0.339 e. The van der Waals surface area contributed by atoms with Crippen LogP contribution in [0.5, 0.6) is 0 Å². The van der Waals surface area contributed by atoms with Crippen LogP contribution >= 0.6 is 0 Å². The molecule has 0 aliphatic carbocycles. The van der Waals surface area contributed by atoms with Crippen LogP contribution in [-0.4, -0.2) is 43.3 Å². The molecule has 0 bridgehead atoms. The van der Waals surface area contributed by atoms with Crippen molar-refractivity contribution in [3.63, 3.8) is 0 Å². The molecular formula is C18H25NO3S. The normalized spacial score (nSPS) is 27.0. The summed E-state index contributed by atoms with van der Waals surface area (Å²) in [4.78, 5) is 14.7. The lowest BCUT2D eigenvalue weighted by molar-refractivity contribution is -0.135. The summed E-state index contributed by atoms with van der Waals surface area (Å²) in [6, 6.07) is 10.6. The summed E-state index contributed by atoms with van der Waals surface area (Å²) in [5.41, 5.74) is 1.26. The fourth-order valence-electron chi connectivity index (χ4n) is 3.82. The van der Waals surface area contributed by atoms with E-state index in [4.69, 9.17) is 0 Å². The maximum Gasteiger partial charge on any atom is 0.223 e. The molecule has 0 radical (unpaired) electrons. The predicted molar refractivity (Wildman–Crippen MR) is 90.9 cm³/mol. The molecule has 1 aromatic rings. The first-order valence-electron chi connectivity index (χ1n) is 8.57. The average molecular weight is 335 g/mol. The molecule has 0 N–H and O–H groups in total. The molecule has 2 fully saturated rings. The molecule has 2 saturated heterocycles. The number of sulfone groups is 1. The van der Waals surface area contributed by atoms with E-state index < -0.39 is 9.84 Å². The van der Waals surface area contributed by atoms with Gasteiger partial charge >= 0.3 is 0 Å². The molecule has 0 aromatic heterocycles. The molecule has 1 aromatic carbocycles. The third-order valence-electron chi connectivity index (χ3n) is 5.05. The zero-order valence-corrected chi connectivity index (χ0v) is 14.3. The molecule has 4 nitrogen and oxygen atoms in total. The second-order valence-electron chi connectivity index (χ2n) is 6.90. The Morgan fingerprint density at radius 1 is 1.13 bits per heavy atom. The molecule has 2 heterocycles. The minimum Gasteiger partial charge on any atom is -0.339 e. The lowest BCUT2D eigenvalue weighted by atomic mass is 9.94. The van der Waals surface area contributed by atoms with Crippen LogP contribution < -0.4 is 0 Å². The zero-order chi connectivity index (χ0) is 16.3. The van der Waals surface area contributed by atoms with E-state index in [-0.39, 0.29) is 29.4 Å². The third kappa shape index (κ3) is 4.34. The second-order valence-corrected chi connectivity index (χ2v) is 9.13. The van der Waals surface area contributed by atoms with E-state index in [1.807, 2.05) is 23.1 Å². The van der Waals surface area contributed by atoms with Crippen molar-refractivity contribution in [1.82, 2.24) is 4.90 Å². The Morgan fingerprint density at radius 3 is 2.61 bits per heavy atom. The lowest BCUT2D eigenvalue weighted by Crippen LogP contribution is -2.45. The fraction of sp³-hybridized carbons (Fsp3) is 0.611. The highest BCUT2D eigenvalue weighted by molar-refractivity contribution is 7.91. The van der Waals surface area contributed by atoms with Crippen LogP contribution in [0.2, 0.25) is 0 Å². The van der Waals surface area contributed by atoms with Crippen LogP contribution in [0.4, 0.5) is 0 Å². The van der Waals surface area contributed by atoms with Crippen molar-refractivity contribution in [2.24, 2.45) is 5.92 Å². The number of amides is 1. The van der Waals surface area contributed by atoms with Crippen LogP contribution in [-0.2, 0) is 21.1 Å². The van der Waals surface area contributed by atoms with E-state index in [1.54, 1.807) is 0 Å².